The van der Waals surface area contributed by atoms with Gasteiger partial charge in [-0.25, -0.2) is 0 Å². The quantitative estimate of drug-likeness (QED) is 0.442. The summed E-state index contributed by atoms with van der Waals surface area (Å²) in [5.74, 6) is -0.0520. The minimum Gasteiger partial charge on any atom is -1.00 e. The zero-order valence-electron chi connectivity index (χ0n) is 15.1. The molecule has 1 amide bonds. The van der Waals surface area contributed by atoms with Gasteiger partial charge in [-0.05, 0) is 31.2 Å². The van der Waals surface area contributed by atoms with Gasteiger partial charge in [0.1, 0.15) is 11.2 Å². The first kappa shape index (κ1) is 20.4. The molecule has 0 aliphatic carbocycles. The summed E-state index contributed by atoms with van der Waals surface area (Å²) in [5, 5.41) is 4.03. The van der Waals surface area contributed by atoms with Gasteiger partial charge in [0.15, 0.2) is 0 Å². The Kier molecular flexibility index (Phi) is 7.16. The van der Waals surface area contributed by atoms with Gasteiger partial charge in [0.2, 0.25) is 11.4 Å². The Hall–Kier alpha value is -1.93. The number of nitrogens with one attached hydrogen (secondary N) is 1. The van der Waals surface area contributed by atoms with Crippen molar-refractivity contribution in [3.63, 3.8) is 0 Å². The van der Waals surface area contributed by atoms with Crippen LogP contribution in [0.15, 0.2) is 54.7 Å². The molecule has 0 bridgehead atoms. The van der Waals surface area contributed by atoms with E-state index in [2.05, 4.69) is 52.2 Å². The van der Waals surface area contributed by atoms with E-state index in [0.717, 1.165) is 22.6 Å². The number of thiazole rings is 1. The number of fused-ring (bicyclic) bond motifs is 1. The van der Waals surface area contributed by atoms with Crippen molar-refractivity contribution in [1.82, 2.24) is 0 Å². The third-order valence-electron chi connectivity index (χ3n) is 3.97. The zero-order valence-corrected chi connectivity index (χ0v) is 18.0. The monoisotopic (exact) mass is 479 g/mol. The van der Waals surface area contributed by atoms with E-state index in [1.165, 1.54) is 17.4 Å². The third kappa shape index (κ3) is 4.62. The lowest BCUT2D eigenvalue weighted by atomic mass is 10.3. The molecule has 1 heterocycles. The van der Waals surface area contributed by atoms with E-state index in [9.17, 15) is 4.79 Å². The van der Waals surface area contributed by atoms with Crippen LogP contribution in [0.4, 0.5) is 11.4 Å². The molecule has 0 unspecified atom stereocenters. The number of benzene rings is 2. The molecule has 0 fully saturated rings. The summed E-state index contributed by atoms with van der Waals surface area (Å²) in [4.78, 5) is 13.4. The number of amides is 1. The van der Waals surface area contributed by atoms with E-state index in [0.29, 0.717) is 0 Å². The second kappa shape index (κ2) is 9.14. The summed E-state index contributed by atoms with van der Waals surface area (Å²) < 4.78 is 3.45. The smallest absolute Gasteiger partial charge is 0.264 e. The van der Waals surface area contributed by atoms with Gasteiger partial charge in [0.05, 0.1) is 0 Å². The number of anilines is 2. The average molecular weight is 479 g/mol. The number of halogens is 1. The van der Waals surface area contributed by atoms with Crippen LogP contribution in [-0.2, 0) is 11.3 Å². The van der Waals surface area contributed by atoms with Gasteiger partial charge >= 0.3 is 0 Å². The maximum atomic E-state index is 11.3. The molecule has 0 spiro atoms. The summed E-state index contributed by atoms with van der Waals surface area (Å²) in [6.07, 6.45) is 4.22. The number of nitrogens with zero attached hydrogens (tertiary/aromatic N) is 2. The maximum Gasteiger partial charge on any atom is 0.264 e. The highest BCUT2D eigenvalue weighted by atomic mass is 127. The topological polar surface area (TPSA) is 36.2 Å². The number of carbonyl (C=O) groups is 1. The highest BCUT2D eigenvalue weighted by Gasteiger charge is 2.17. The van der Waals surface area contributed by atoms with Crippen molar-refractivity contribution >= 4 is 44.9 Å². The third-order valence-corrected chi connectivity index (χ3v) is 5.08. The predicted octanol–water partition coefficient (Wildman–Crippen LogP) is 1.28. The minimum atomic E-state index is -0.0520. The Bertz CT molecular complexity index is 921. The maximum absolute atomic E-state index is 11.3. The van der Waals surface area contributed by atoms with Crippen LogP contribution in [0.5, 0.6) is 0 Å². The highest BCUT2D eigenvalue weighted by Crippen LogP contribution is 2.25. The Balaban J connectivity index is 0.00000243. The number of hydrogen-bond donors (Lipinski definition) is 1. The van der Waals surface area contributed by atoms with E-state index in [4.69, 9.17) is 0 Å². The van der Waals surface area contributed by atoms with Gasteiger partial charge in [-0.3, -0.25) is 4.79 Å². The van der Waals surface area contributed by atoms with Crippen molar-refractivity contribution in [1.29, 1.82) is 0 Å². The lowest BCUT2D eigenvalue weighted by Crippen LogP contribution is -3.00. The van der Waals surface area contributed by atoms with Crippen molar-refractivity contribution in [3.05, 3.63) is 59.7 Å². The van der Waals surface area contributed by atoms with Gasteiger partial charge < -0.3 is 34.2 Å². The lowest BCUT2D eigenvalue weighted by Gasteiger charge is -2.12. The normalized spacial score (nSPS) is 10.7. The van der Waals surface area contributed by atoms with Crippen LogP contribution in [0.25, 0.3) is 16.3 Å². The molecule has 3 rings (SSSR count). The fourth-order valence-corrected chi connectivity index (χ4v) is 3.92. The Labute approximate surface area is 175 Å². The summed E-state index contributed by atoms with van der Waals surface area (Å²) in [6, 6.07) is 16.3. The number of hydrogen-bond acceptors (Lipinski definition) is 3. The Morgan fingerprint density at radius 3 is 2.62 bits per heavy atom. The van der Waals surface area contributed by atoms with E-state index < -0.39 is 0 Å². The molecule has 3 aromatic rings. The molecule has 0 radical (unpaired) electrons. The number of carbonyl (C=O) groups excluding carboxylic acids is 1. The van der Waals surface area contributed by atoms with Crippen LogP contribution in [0, 0.1) is 0 Å². The number of para-hydroxylation sites is 1. The molecule has 136 valence electrons. The summed E-state index contributed by atoms with van der Waals surface area (Å²) >= 11 is 1.73. The van der Waals surface area contributed by atoms with Gasteiger partial charge in [-0.2, -0.15) is 4.57 Å². The molecule has 4 nitrogen and oxygen atoms in total. The molecule has 0 atom stereocenters. The van der Waals surface area contributed by atoms with Crippen LogP contribution in [0.3, 0.4) is 0 Å². The molecule has 0 aliphatic heterocycles. The van der Waals surface area contributed by atoms with Crippen molar-refractivity contribution < 1.29 is 33.3 Å². The first-order chi connectivity index (χ1) is 12.1. The molecule has 2 aromatic carbocycles. The second-order valence-corrected chi connectivity index (χ2v) is 6.87. The van der Waals surface area contributed by atoms with E-state index >= 15 is 0 Å². The highest BCUT2D eigenvalue weighted by molar-refractivity contribution is 7.18. The van der Waals surface area contributed by atoms with E-state index in [-0.39, 0.29) is 29.9 Å². The van der Waals surface area contributed by atoms with Crippen LogP contribution in [-0.4, -0.2) is 13.0 Å². The van der Waals surface area contributed by atoms with Crippen LogP contribution >= 0.6 is 11.3 Å². The predicted molar refractivity (Wildman–Crippen MR) is 106 cm³/mol. The zero-order chi connectivity index (χ0) is 17.8. The Morgan fingerprint density at radius 2 is 1.96 bits per heavy atom. The summed E-state index contributed by atoms with van der Waals surface area (Å²) in [6.45, 7) is 4.57. The molecule has 1 aromatic heterocycles. The number of rotatable bonds is 5. The average Bonchev–Trinajstić information content (AvgIpc) is 2.96. The SMILES string of the molecule is CC[n+]1c(/C=C/N(C)c2ccccc2)sc2cc(NC(C)=O)ccc21.[I-]. The van der Waals surface area contributed by atoms with Crippen LogP contribution in [0.1, 0.15) is 18.9 Å². The summed E-state index contributed by atoms with van der Waals surface area (Å²) in [7, 11) is 2.05. The van der Waals surface area contributed by atoms with E-state index in [1.54, 1.807) is 11.3 Å². The van der Waals surface area contributed by atoms with Gasteiger partial charge in [0.25, 0.3) is 5.01 Å². The first-order valence-corrected chi connectivity index (χ1v) is 9.10. The minimum absolute atomic E-state index is 0. The van der Waals surface area contributed by atoms with Crippen molar-refractivity contribution in [2.75, 3.05) is 17.3 Å². The van der Waals surface area contributed by atoms with Crippen LogP contribution in [0.2, 0.25) is 0 Å². The lowest BCUT2D eigenvalue weighted by molar-refractivity contribution is -0.665. The van der Waals surface area contributed by atoms with E-state index in [1.807, 2.05) is 37.4 Å². The first-order valence-electron chi connectivity index (χ1n) is 8.28. The second-order valence-electron chi connectivity index (χ2n) is 5.81. The summed E-state index contributed by atoms with van der Waals surface area (Å²) in [5.41, 5.74) is 3.17. The molecular weight excluding hydrogens is 457 g/mol. The molecule has 0 saturated carbocycles. The molecule has 6 heteroatoms. The largest absolute Gasteiger partial charge is 1.00 e. The van der Waals surface area contributed by atoms with Gasteiger partial charge in [0, 0.05) is 43.7 Å². The fraction of sp³-hybridized carbons (Fsp3) is 0.200. The van der Waals surface area contributed by atoms with Gasteiger partial charge in [-0.1, -0.05) is 29.5 Å². The molecule has 26 heavy (non-hydrogen) atoms. The van der Waals surface area contributed by atoms with Crippen molar-refractivity contribution in [3.8, 4) is 0 Å². The fourth-order valence-electron chi connectivity index (χ4n) is 2.76. The number of aromatic nitrogens is 1. The molecule has 0 saturated heterocycles. The van der Waals surface area contributed by atoms with Gasteiger partial charge in [-0.15, -0.1) is 0 Å². The van der Waals surface area contributed by atoms with Crippen molar-refractivity contribution in [2.24, 2.45) is 0 Å². The number of aryl methyl sites for hydroxylation is 1. The standard InChI is InChI=1S/C20H21N3OS.HI/c1-4-23-18-11-10-16(21-15(2)24)14-19(18)25-20(23)12-13-22(3)17-8-6-5-7-9-17;/h5-14H,4H2,1-3H3;1H. The molecule has 1 N–H and O–H groups in total. The molecular formula is C20H22IN3OS. The Morgan fingerprint density at radius 1 is 1.23 bits per heavy atom. The molecule has 0 aliphatic rings. The van der Waals surface area contributed by atoms with Crippen LogP contribution < -0.4 is 38.8 Å². The van der Waals surface area contributed by atoms with Crippen molar-refractivity contribution in [2.45, 2.75) is 20.4 Å².